The molecule has 1 saturated heterocycles. The Morgan fingerprint density at radius 1 is 1.35 bits per heavy atom. The molecule has 6 heteroatoms. The van der Waals surface area contributed by atoms with Gasteiger partial charge in [0.15, 0.2) is 0 Å². The summed E-state index contributed by atoms with van der Waals surface area (Å²) in [6.07, 6.45) is 1.69. The van der Waals surface area contributed by atoms with E-state index in [0.29, 0.717) is 12.5 Å². The third-order valence-electron chi connectivity index (χ3n) is 3.30. The van der Waals surface area contributed by atoms with Gasteiger partial charge in [0.2, 0.25) is 0 Å². The van der Waals surface area contributed by atoms with Crippen LogP contribution in [-0.4, -0.2) is 71.3 Å². The molecule has 0 spiro atoms. The minimum Gasteiger partial charge on any atom is -0.409 e. The molecular weight excluding hydrogens is 220 g/mol. The molecule has 1 fully saturated rings. The lowest BCUT2D eigenvalue weighted by molar-refractivity contribution is 0.186. The highest BCUT2D eigenvalue weighted by atomic mass is 16.4. The number of nitrogens with zero attached hydrogens (tertiary/aromatic N) is 3. The maximum absolute atomic E-state index is 8.92. The van der Waals surface area contributed by atoms with Gasteiger partial charge in [-0.3, -0.25) is 9.80 Å². The molecule has 0 amide bonds. The van der Waals surface area contributed by atoms with Gasteiger partial charge in [-0.05, 0) is 26.4 Å². The fourth-order valence-corrected chi connectivity index (χ4v) is 2.27. The first-order chi connectivity index (χ1) is 8.17. The zero-order valence-corrected chi connectivity index (χ0v) is 10.5. The molecule has 100 valence electrons. The van der Waals surface area contributed by atoms with E-state index in [4.69, 9.17) is 16.0 Å². The van der Waals surface area contributed by atoms with E-state index in [1.165, 1.54) is 0 Å². The highest BCUT2D eigenvalue weighted by Crippen LogP contribution is 2.09. The largest absolute Gasteiger partial charge is 0.409 e. The Morgan fingerprint density at radius 2 is 2.12 bits per heavy atom. The van der Waals surface area contributed by atoms with Crippen molar-refractivity contribution in [3.05, 3.63) is 0 Å². The summed E-state index contributed by atoms with van der Waals surface area (Å²) in [4.78, 5) is 4.63. The van der Waals surface area contributed by atoms with E-state index in [1.54, 1.807) is 0 Å². The topological polar surface area (TPSA) is 85.3 Å². The van der Waals surface area contributed by atoms with Crippen LogP contribution in [-0.2, 0) is 0 Å². The van der Waals surface area contributed by atoms with Gasteiger partial charge in [-0.2, -0.15) is 0 Å². The third kappa shape index (κ3) is 4.89. The third-order valence-corrected chi connectivity index (χ3v) is 3.30. The Balaban J connectivity index is 2.39. The molecule has 1 heterocycles. The van der Waals surface area contributed by atoms with Crippen LogP contribution in [0.1, 0.15) is 19.8 Å². The minimum atomic E-state index is 0.222. The Bertz CT molecular complexity index is 248. The number of β-amino-alcohol motifs (C(OH)–C–C–N with tert-alkyl or cyclic N) is 1. The van der Waals surface area contributed by atoms with Crippen molar-refractivity contribution in [1.82, 2.24) is 9.80 Å². The fourth-order valence-electron chi connectivity index (χ4n) is 2.27. The summed E-state index contributed by atoms with van der Waals surface area (Å²) in [5.74, 6) is 0.286. The van der Waals surface area contributed by atoms with Gasteiger partial charge in [0.25, 0.3) is 0 Å². The lowest BCUT2D eigenvalue weighted by Gasteiger charge is -2.27. The summed E-state index contributed by atoms with van der Waals surface area (Å²) in [7, 11) is 0. The van der Waals surface area contributed by atoms with Gasteiger partial charge in [-0.25, -0.2) is 0 Å². The number of rotatable bonds is 5. The Morgan fingerprint density at radius 3 is 2.76 bits per heavy atom. The first-order valence-corrected chi connectivity index (χ1v) is 6.21. The average molecular weight is 244 g/mol. The molecule has 0 aromatic heterocycles. The molecule has 1 rings (SSSR count). The van der Waals surface area contributed by atoms with Crippen molar-refractivity contribution in [1.29, 1.82) is 0 Å². The van der Waals surface area contributed by atoms with Crippen LogP contribution in [0.25, 0.3) is 0 Å². The second kappa shape index (κ2) is 7.47. The lowest BCUT2D eigenvalue weighted by atomic mass is 10.2. The molecular formula is C11H24N4O2. The second-order valence-electron chi connectivity index (χ2n) is 4.60. The number of aliphatic hydroxyl groups excluding tert-OH is 1. The first kappa shape index (κ1) is 14.2. The first-order valence-electron chi connectivity index (χ1n) is 6.21. The van der Waals surface area contributed by atoms with E-state index in [-0.39, 0.29) is 12.4 Å². The van der Waals surface area contributed by atoms with E-state index in [9.17, 15) is 0 Å². The van der Waals surface area contributed by atoms with Gasteiger partial charge in [0.05, 0.1) is 6.61 Å². The maximum Gasteiger partial charge on any atom is 0.140 e. The van der Waals surface area contributed by atoms with Crippen LogP contribution in [0.5, 0.6) is 0 Å². The minimum absolute atomic E-state index is 0.222. The molecule has 1 aliphatic heterocycles. The number of aliphatic hydroxyl groups is 1. The maximum atomic E-state index is 8.92. The molecule has 17 heavy (non-hydrogen) atoms. The molecule has 0 aromatic carbocycles. The zero-order chi connectivity index (χ0) is 12.7. The Kier molecular flexibility index (Phi) is 6.25. The number of nitrogens with two attached hydrogens (primary N) is 1. The summed E-state index contributed by atoms with van der Waals surface area (Å²) >= 11 is 0. The van der Waals surface area contributed by atoms with Crippen LogP contribution in [0, 0.1) is 0 Å². The normalized spacial score (nSPS) is 22.4. The van der Waals surface area contributed by atoms with Gasteiger partial charge in [-0.1, -0.05) is 5.16 Å². The van der Waals surface area contributed by atoms with E-state index in [1.807, 2.05) is 0 Å². The molecule has 1 aliphatic rings. The molecule has 0 aromatic rings. The second-order valence-corrected chi connectivity index (χ2v) is 4.60. The highest BCUT2D eigenvalue weighted by molar-refractivity contribution is 5.80. The van der Waals surface area contributed by atoms with Crippen molar-refractivity contribution in [3.63, 3.8) is 0 Å². The predicted molar refractivity (Wildman–Crippen MR) is 67.2 cm³/mol. The molecule has 6 nitrogen and oxygen atoms in total. The van der Waals surface area contributed by atoms with Gasteiger partial charge >= 0.3 is 0 Å². The number of hydrogen-bond donors (Lipinski definition) is 3. The van der Waals surface area contributed by atoms with Crippen LogP contribution in [0.3, 0.4) is 0 Å². The zero-order valence-electron chi connectivity index (χ0n) is 10.5. The van der Waals surface area contributed by atoms with E-state index in [0.717, 1.165) is 39.1 Å². The summed E-state index contributed by atoms with van der Waals surface area (Å²) in [6.45, 7) is 7.08. The van der Waals surface area contributed by atoms with E-state index in [2.05, 4.69) is 21.9 Å². The fraction of sp³-hybridized carbons (Fsp3) is 0.909. The number of hydrogen-bond acceptors (Lipinski definition) is 5. The molecule has 1 atom stereocenters. The van der Waals surface area contributed by atoms with Gasteiger partial charge in [0.1, 0.15) is 5.84 Å². The molecule has 4 N–H and O–H groups in total. The molecule has 0 radical (unpaired) electrons. The molecule has 0 saturated carbocycles. The van der Waals surface area contributed by atoms with Crippen molar-refractivity contribution in [2.75, 3.05) is 39.3 Å². The van der Waals surface area contributed by atoms with Crippen molar-refractivity contribution >= 4 is 5.84 Å². The lowest BCUT2D eigenvalue weighted by Crippen LogP contribution is -2.39. The van der Waals surface area contributed by atoms with Gasteiger partial charge < -0.3 is 16.0 Å². The van der Waals surface area contributed by atoms with E-state index < -0.39 is 0 Å². The summed E-state index contributed by atoms with van der Waals surface area (Å²) in [6, 6.07) is 0.292. The van der Waals surface area contributed by atoms with Crippen LogP contribution < -0.4 is 5.73 Å². The van der Waals surface area contributed by atoms with Gasteiger partial charge in [0, 0.05) is 32.1 Å². The summed E-state index contributed by atoms with van der Waals surface area (Å²) < 4.78 is 0. The predicted octanol–water partition coefficient (Wildman–Crippen LogP) is -0.489. The monoisotopic (exact) mass is 244 g/mol. The standard InChI is InChI=1S/C11H24N4O2/c1-10(9-11(12)13-17)15-4-2-3-14(5-6-15)7-8-16/h10,16-17H,2-9H2,1H3,(H2,12,13). The average Bonchev–Trinajstić information content (AvgIpc) is 2.55. The number of oxime groups is 1. The van der Waals surface area contributed by atoms with Crippen LogP contribution in [0.2, 0.25) is 0 Å². The van der Waals surface area contributed by atoms with Crippen molar-refractivity contribution in [3.8, 4) is 0 Å². The highest BCUT2D eigenvalue weighted by Gasteiger charge is 2.19. The van der Waals surface area contributed by atoms with Crippen molar-refractivity contribution in [2.24, 2.45) is 10.9 Å². The van der Waals surface area contributed by atoms with Crippen LogP contribution in [0.4, 0.5) is 0 Å². The van der Waals surface area contributed by atoms with E-state index >= 15 is 0 Å². The van der Waals surface area contributed by atoms with Gasteiger partial charge in [-0.15, -0.1) is 0 Å². The quantitative estimate of drug-likeness (QED) is 0.263. The Labute approximate surface area is 103 Å². The smallest absolute Gasteiger partial charge is 0.140 e. The Hall–Kier alpha value is -0.850. The molecule has 1 unspecified atom stereocenters. The molecule has 0 aliphatic carbocycles. The van der Waals surface area contributed by atoms with Crippen molar-refractivity contribution in [2.45, 2.75) is 25.8 Å². The van der Waals surface area contributed by atoms with Crippen LogP contribution >= 0.6 is 0 Å². The molecule has 0 bridgehead atoms. The van der Waals surface area contributed by atoms with Crippen LogP contribution in [0.15, 0.2) is 5.16 Å². The summed E-state index contributed by atoms with van der Waals surface area (Å²) in [5, 5.41) is 20.5. The summed E-state index contributed by atoms with van der Waals surface area (Å²) in [5.41, 5.74) is 5.52. The number of amidine groups is 1. The van der Waals surface area contributed by atoms with Crippen molar-refractivity contribution < 1.29 is 10.3 Å². The SMILES string of the molecule is CC(CC(N)=NO)N1CCCN(CCO)CC1.